The minimum Gasteiger partial charge on any atom is -0.383 e. The fourth-order valence-electron chi connectivity index (χ4n) is 1.28. The second-order valence-corrected chi connectivity index (χ2v) is 3.61. The van der Waals surface area contributed by atoms with E-state index in [9.17, 15) is 0 Å². The number of pyridine rings is 1. The summed E-state index contributed by atoms with van der Waals surface area (Å²) in [6, 6.07) is 1.79. The average Bonchev–Trinajstić information content (AvgIpc) is 2.58. The Balaban J connectivity index is 2.32. The van der Waals surface area contributed by atoms with Crippen molar-refractivity contribution in [1.29, 1.82) is 0 Å². The lowest BCUT2D eigenvalue weighted by Crippen LogP contribution is -2.04. The fourth-order valence-corrected chi connectivity index (χ4v) is 1.46. The van der Waals surface area contributed by atoms with Crippen molar-refractivity contribution in [2.75, 3.05) is 5.73 Å². The molecule has 15 heavy (non-hydrogen) atoms. The van der Waals surface area contributed by atoms with Crippen LogP contribution in [0.2, 0.25) is 5.02 Å². The summed E-state index contributed by atoms with van der Waals surface area (Å²) in [5.41, 5.74) is 6.59. The summed E-state index contributed by atoms with van der Waals surface area (Å²) in [6.07, 6.45) is 3.61. The largest absolute Gasteiger partial charge is 0.383 e. The first kappa shape index (κ1) is 9.92. The van der Waals surface area contributed by atoms with Crippen molar-refractivity contribution in [3.63, 3.8) is 0 Å². The third-order valence-corrected chi connectivity index (χ3v) is 2.33. The molecule has 0 radical (unpaired) electrons. The van der Waals surface area contributed by atoms with Gasteiger partial charge in [0.1, 0.15) is 18.0 Å². The van der Waals surface area contributed by atoms with Crippen LogP contribution >= 0.6 is 11.6 Å². The van der Waals surface area contributed by atoms with Crippen LogP contribution in [0.1, 0.15) is 11.4 Å². The lowest BCUT2D eigenvalue weighted by Gasteiger charge is -2.04. The molecular weight excluding hydrogens is 214 g/mol. The van der Waals surface area contributed by atoms with Crippen molar-refractivity contribution >= 4 is 17.4 Å². The molecule has 2 aromatic heterocycles. The lowest BCUT2D eigenvalue weighted by atomic mass is 10.2. The van der Waals surface area contributed by atoms with E-state index in [0.29, 0.717) is 17.3 Å². The summed E-state index contributed by atoms with van der Waals surface area (Å²) >= 11 is 5.84. The fraction of sp³-hybridized carbons (Fsp3) is 0.222. The number of nitrogens with two attached hydrogens (primary N) is 1. The highest BCUT2D eigenvalue weighted by molar-refractivity contribution is 6.30. The van der Waals surface area contributed by atoms with E-state index < -0.39 is 0 Å². The number of anilines is 1. The Morgan fingerprint density at radius 1 is 1.47 bits per heavy atom. The first-order valence-electron chi connectivity index (χ1n) is 4.39. The first-order valence-corrected chi connectivity index (χ1v) is 4.77. The maximum atomic E-state index is 5.84. The monoisotopic (exact) mass is 223 g/mol. The van der Waals surface area contributed by atoms with E-state index in [-0.39, 0.29) is 0 Å². The van der Waals surface area contributed by atoms with Crippen molar-refractivity contribution in [2.24, 2.45) is 7.05 Å². The Bertz CT molecular complexity index is 479. The van der Waals surface area contributed by atoms with Crippen molar-refractivity contribution < 1.29 is 0 Å². The molecule has 0 saturated heterocycles. The number of hydrogen-bond donors (Lipinski definition) is 1. The molecule has 5 nitrogen and oxygen atoms in total. The molecule has 0 aliphatic heterocycles. The van der Waals surface area contributed by atoms with E-state index in [1.54, 1.807) is 10.7 Å². The predicted octanol–water partition coefficient (Wildman–Crippen LogP) is 1.04. The minimum absolute atomic E-state index is 0.474. The highest BCUT2D eigenvalue weighted by atomic mass is 35.5. The van der Waals surface area contributed by atoms with Gasteiger partial charge in [-0.15, -0.1) is 0 Å². The number of aryl methyl sites for hydroxylation is 1. The number of aromatic nitrogens is 4. The highest BCUT2D eigenvalue weighted by Crippen LogP contribution is 2.17. The highest BCUT2D eigenvalue weighted by Gasteiger charge is 2.06. The molecule has 0 amide bonds. The van der Waals surface area contributed by atoms with Crippen LogP contribution in [0.4, 0.5) is 5.82 Å². The second kappa shape index (κ2) is 3.86. The Labute approximate surface area is 91.9 Å². The van der Waals surface area contributed by atoms with Crippen LogP contribution in [0.5, 0.6) is 0 Å². The Hall–Kier alpha value is -1.62. The summed E-state index contributed by atoms with van der Waals surface area (Å²) in [5, 5.41) is 4.55. The normalized spacial score (nSPS) is 10.5. The van der Waals surface area contributed by atoms with Crippen LogP contribution < -0.4 is 5.73 Å². The second-order valence-electron chi connectivity index (χ2n) is 3.17. The van der Waals surface area contributed by atoms with Gasteiger partial charge in [-0.1, -0.05) is 11.6 Å². The molecule has 6 heteroatoms. The smallest absolute Gasteiger partial charge is 0.138 e. The summed E-state index contributed by atoms with van der Waals surface area (Å²) in [5.74, 6) is 1.30. The summed E-state index contributed by atoms with van der Waals surface area (Å²) < 4.78 is 1.69. The molecule has 2 aromatic rings. The number of nitrogen functional groups attached to an aromatic ring is 1. The molecule has 2 N–H and O–H groups in total. The van der Waals surface area contributed by atoms with Gasteiger partial charge in [0.15, 0.2) is 0 Å². The summed E-state index contributed by atoms with van der Waals surface area (Å²) in [6.45, 7) is 0. The van der Waals surface area contributed by atoms with E-state index in [0.717, 1.165) is 11.4 Å². The molecule has 0 aliphatic rings. The molecule has 2 heterocycles. The SMILES string of the molecule is Cn1ncnc1Cc1cc(Cl)cnc1N. The minimum atomic E-state index is 0.474. The molecule has 0 spiro atoms. The van der Waals surface area contributed by atoms with Crippen molar-refractivity contribution in [3.8, 4) is 0 Å². The Morgan fingerprint density at radius 3 is 2.93 bits per heavy atom. The molecule has 78 valence electrons. The summed E-state index contributed by atoms with van der Waals surface area (Å²) in [7, 11) is 1.83. The average molecular weight is 224 g/mol. The van der Waals surface area contributed by atoms with E-state index in [2.05, 4.69) is 15.1 Å². The van der Waals surface area contributed by atoms with Gasteiger partial charge in [0.25, 0.3) is 0 Å². The Kier molecular flexibility index (Phi) is 2.55. The van der Waals surface area contributed by atoms with Gasteiger partial charge in [-0.25, -0.2) is 9.97 Å². The zero-order valence-electron chi connectivity index (χ0n) is 8.18. The molecule has 0 fully saturated rings. The Morgan fingerprint density at radius 2 is 2.27 bits per heavy atom. The van der Waals surface area contributed by atoms with Crippen LogP contribution in [0.25, 0.3) is 0 Å². The van der Waals surface area contributed by atoms with Gasteiger partial charge in [0, 0.05) is 25.2 Å². The zero-order chi connectivity index (χ0) is 10.8. The van der Waals surface area contributed by atoms with Crippen LogP contribution in [-0.4, -0.2) is 19.7 Å². The summed E-state index contributed by atoms with van der Waals surface area (Å²) in [4.78, 5) is 8.08. The van der Waals surface area contributed by atoms with Gasteiger partial charge in [-0.05, 0) is 6.07 Å². The van der Waals surface area contributed by atoms with E-state index >= 15 is 0 Å². The van der Waals surface area contributed by atoms with Gasteiger partial charge < -0.3 is 5.73 Å². The van der Waals surface area contributed by atoms with E-state index in [4.69, 9.17) is 17.3 Å². The van der Waals surface area contributed by atoms with Crippen LogP contribution in [0.3, 0.4) is 0 Å². The molecule has 0 saturated carbocycles. The first-order chi connectivity index (χ1) is 7.16. The number of halogens is 1. The van der Waals surface area contributed by atoms with E-state index in [1.165, 1.54) is 12.5 Å². The van der Waals surface area contributed by atoms with Crippen LogP contribution in [0.15, 0.2) is 18.6 Å². The van der Waals surface area contributed by atoms with Gasteiger partial charge >= 0.3 is 0 Å². The molecule has 0 atom stereocenters. The number of hydrogen-bond acceptors (Lipinski definition) is 4. The van der Waals surface area contributed by atoms with Crippen LogP contribution in [0, 0.1) is 0 Å². The van der Waals surface area contributed by atoms with Gasteiger partial charge in [-0.3, -0.25) is 4.68 Å². The lowest BCUT2D eigenvalue weighted by molar-refractivity contribution is 0.716. The topological polar surface area (TPSA) is 69.6 Å². The van der Waals surface area contributed by atoms with Crippen molar-refractivity contribution in [1.82, 2.24) is 19.7 Å². The molecular formula is C9H10ClN5. The van der Waals surface area contributed by atoms with Gasteiger partial charge in [-0.2, -0.15) is 5.10 Å². The van der Waals surface area contributed by atoms with Gasteiger partial charge in [0.2, 0.25) is 0 Å². The predicted molar refractivity (Wildman–Crippen MR) is 57.5 cm³/mol. The standard InChI is InChI=1S/C9H10ClN5/c1-15-8(13-5-14-15)3-6-2-7(10)4-12-9(6)11/h2,4-5H,3H2,1H3,(H2,11,12). The quantitative estimate of drug-likeness (QED) is 0.826. The molecule has 0 unspecified atom stereocenters. The molecule has 0 aliphatic carbocycles. The maximum absolute atomic E-state index is 5.84. The third-order valence-electron chi connectivity index (χ3n) is 2.12. The number of rotatable bonds is 2. The van der Waals surface area contributed by atoms with Gasteiger partial charge in [0.05, 0.1) is 5.02 Å². The number of nitrogens with zero attached hydrogens (tertiary/aromatic N) is 4. The zero-order valence-corrected chi connectivity index (χ0v) is 8.94. The van der Waals surface area contributed by atoms with E-state index in [1.807, 2.05) is 7.05 Å². The van der Waals surface area contributed by atoms with Crippen LogP contribution in [-0.2, 0) is 13.5 Å². The molecule has 0 aromatic carbocycles. The molecule has 2 rings (SSSR count). The third kappa shape index (κ3) is 2.07. The molecule has 0 bridgehead atoms. The van der Waals surface area contributed by atoms with Crippen molar-refractivity contribution in [3.05, 3.63) is 35.0 Å². The maximum Gasteiger partial charge on any atom is 0.138 e. The van der Waals surface area contributed by atoms with Crippen molar-refractivity contribution in [2.45, 2.75) is 6.42 Å².